The summed E-state index contributed by atoms with van der Waals surface area (Å²) in [6, 6.07) is 0.125. The number of carbonyl (C=O) groups excluding carboxylic acids is 1. The first-order chi connectivity index (χ1) is 12.0. The number of aromatic amines is 1. The van der Waals surface area contributed by atoms with Crippen LogP contribution in [0.1, 0.15) is 24.0 Å². The van der Waals surface area contributed by atoms with Gasteiger partial charge in [0.15, 0.2) is 0 Å². The summed E-state index contributed by atoms with van der Waals surface area (Å²) in [7, 11) is 5.45. The molecule has 7 nitrogen and oxygen atoms in total. The third-order valence-corrected chi connectivity index (χ3v) is 4.81. The monoisotopic (exact) mass is 347 g/mol. The van der Waals surface area contributed by atoms with Gasteiger partial charge in [0.1, 0.15) is 11.7 Å². The Morgan fingerprint density at radius 2 is 2.40 bits per heavy atom. The summed E-state index contributed by atoms with van der Waals surface area (Å²) in [5, 5.41) is 11.9. The molecule has 0 bridgehead atoms. The number of hydrogen-bond acceptors (Lipinski definition) is 4. The molecule has 0 aliphatic carbocycles. The molecule has 1 amide bonds. The molecule has 2 heterocycles. The van der Waals surface area contributed by atoms with Gasteiger partial charge in [0.2, 0.25) is 5.91 Å². The molecule has 1 atom stereocenters. The Hall–Kier alpha value is -2.28. The van der Waals surface area contributed by atoms with E-state index in [2.05, 4.69) is 16.9 Å². The van der Waals surface area contributed by atoms with Gasteiger partial charge in [0.05, 0.1) is 12.2 Å². The van der Waals surface area contributed by atoms with E-state index in [0.717, 1.165) is 42.8 Å². The maximum Gasteiger partial charge on any atom is 0.246 e. The molecule has 1 aliphatic rings. The van der Waals surface area contributed by atoms with E-state index in [4.69, 9.17) is 10.1 Å². The number of carbonyl (C=O) groups is 1. The number of H-pyrrole nitrogens is 1. The lowest BCUT2D eigenvalue weighted by Crippen LogP contribution is -2.50. The topological polar surface area (TPSA) is 84.5 Å². The van der Waals surface area contributed by atoms with Crippen LogP contribution in [0.5, 0.6) is 0 Å². The van der Waals surface area contributed by atoms with Crippen LogP contribution in [0.4, 0.5) is 5.82 Å². The molecule has 1 aromatic rings. The number of likely N-dealkylation sites (N-methyl/N-ethyl adjacent to an activating group) is 1. The molecule has 7 heteroatoms. The molecule has 25 heavy (non-hydrogen) atoms. The molecular formula is C18H29N5O2. The van der Waals surface area contributed by atoms with E-state index in [1.54, 1.807) is 7.11 Å². The normalized spacial score (nSPS) is 17.2. The maximum atomic E-state index is 11.9. The number of anilines is 1. The highest BCUT2D eigenvalue weighted by Crippen LogP contribution is 2.24. The van der Waals surface area contributed by atoms with Crippen LogP contribution in [-0.4, -0.2) is 73.5 Å². The van der Waals surface area contributed by atoms with Crippen LogP contribution in [0, 0.1) is 5.41 Å². The van der Waals surface area contributed by atoms with Gasteiger partial charge >= 0.3 is 0 Å². The number of amidine groups is 1. The van der Waals surface area contributed by atoms with Crippen molar-refractivity contribution in [2.24, 2.45) is 0 Å². The zero-order valence-electron chi connectivity index (χ0n) is 15.4. The third kappa shape index (κ3) is 4.22. The Morgan fingerprint density at radius 1 is 1.64 bits per heavy atom. The lowest BCUT2D eigenvalue weighted by atomic mass is 10.0. The fourth-order valence-electron chi connectivity index (χ4n) is 3.30. The number of ether oxygens (including phenoxy) is 1. The average molecular weight is 347 g/mol. The van der Waals surface area contributed by atoms with E-state index in [1.165, 1.54) is 6.08 Å². The lowest BCUT2D eigenvalue weighted by molar-refractivity contribution is -0.127. The van der Waals surface area contributed by atoms with Crippen LogP contribution in [0.2, 0.25) is 0 Å². The van der Waals surface area contributed by atoms with Crippen molar-refractivity contribution in [3.8, 4) is 0 Å². The van der Waals surface area contributed by atoms with Gasteiger partial charge in [-0.1, -0.05) is 6.58 Å². The molecule has 1 fully saturated rings. The summed E-state index contributed by atoms with van der Waals surface area (Å²) in [5.41, 5.74) is 1.92. The first-order valence-electron chi connectivity index (χ1n) is 8.63. The Morgan fingerprint density at radius 3 is 3.04 bits per heavy atom. The zero-order chi connectivity index (χ0) is 18.4. The average Bonchev–Trinajstić information content (AvgIpc) is 3.07. The Balaban J connectivity index is 2.17. The Bertz CT molecular complexity index is 625. The Labute approximate surface area is 149 Å². The van der Waals surface area contributed by atoms with E-state index in [-0.39, 0.29) is 11.9 Å². The van der Waals surface area contributed by atoms with Crippen molar-refractivity contribution >= 4 is 17.6 Å². The number of nitrogens with zero attached hydrogens (tertiary/aromatic N) is 2. The van der Waals surface area contributed by atoms with Crippen molar-refractivity contribution in [1.82, 2.24) is 14.8 Å². The van der Waals surface area contributed by atoms with Crippen LogP contribution in [0.15, 0.2) is 18.9 Å². The van der Waals surface area contributed by atoms with Gasteiger partial charge < -0.3 is 24.8 Å². The highest BCUT2D eigenvalue weighted by molar-refractivity contribution is 6.02. The standard InChI is InChI=1S/C18H29N5O2/c1-5-15(24)23-9-6-7-14(12-23)22(3)17(19)16-13(8-10-25-4)11-21-18(16)20-2/h5,11,14,19-21H,1,6-10,12H2,2-4H3/t14-/m1/s1. The number of amides is 1. The number of likely N-dealkylation sites (tertiary alicyclic amines) is 1. The van der Waals surface area contributed by atoms with Crippen LogP contribution >= 0.6 is 0 Å². The summed E-state index contributed by atoms with van der Waals surface area (Å²) < 4.78 is 5.18. The zero-order valence-corrected chi connectivity index (χ0v) is 15.4. The van der Waals surface area contributed by atoms with Gasteiger partial charge in [-0.2, -0.15) is 0 Å². The molecule has 3 N–H and O–H groups in total. The van der Waals surface area contributed by atoms with E-state index >= 15 is 0 Å². The molecule has 0 spiro atoms. The van der Waals surface area contributed by atoms with Crippen molar-refractivity contribution in [2.75, 3.05) is 46.2 Å². The fraction of sp³-hybridized carbons (Fsp3) is 0.556. The number of hydrogen-bond donors (Lipinski definition) is 3. The molecule has 0 aromatic carbocycles. The Kier molecular flexibility index (Phi) is 6.64. The van der Waals surface area contributed by atoms with Gasteiger partial charge in [-0.25, -0.2) is 0 Å². The summed E-state index contributed by atoms with van der Waals surface area (Å²) in [4.78, 5) is 18.9. The van der Waals surface area contributed by atoms with Gasteiger partial charge in [-0.3, -0.25) is 10.2 Å². The number of nitrogens with one attached hydrogen (secondary N) is 3. The minimum absolute atomic E-state index is 0.0389. The maximum absolute atomic E-state index is 11.9. The largest absolute Gasteiger partial charge is 0.384 e. The quantitative estimate of drug-likeness (QED) is 0.398. The predicted molar refractivity (Wildman–Crippen MR) is 100 cm³/mol. The van der Waals surface area contributed by atoms with E-state index < -0.39 is 0 Å². The second kappa shape index (κ2) is 8.71. The summed E-state index contributed by atoms with van der Waals surface area (Å²) >= 11 is 0. The molecule has 2 rings (SSSR count). The lowest BCUT2D eigenvalue weighted by Gasteiger charge is -2.38. The van der Waals surface area contributed by atoms with Crippen molar-refractivity contribution in [3.05, 3.63) is 30.0 Å². The first kappa shape index (κ1) is 19.1. The summed E-state index contributed by atoms with van der Waals surface area (Å²) in [6.45, 7) is 5.56. The molecule has 1 aromatic heterocycles. The molecule has 0 unspecified atom stereocenters. The first-order valence-corrected chi connectivity index (χ1v) is 8.63. The van der Waals surface area contributed by atoms with Crippen molar-refractivity contribution in [1.29, 1.82) is 5.41 Å². The number of aromatic nitrogens is 1. The molecule has 138 valence electrons. The number of rotatable bonds is 7. The third-order valence-electron chi connectivity index (χ3n) is 4.81. The minimum Gasteiger partial charge on any atom is -0.384 e. The van der Waals surface area contributed by atoms with E-state index in [0.29, 0.717) is 19.0 Å². The summed E-state index contributed by atoms with van der Waals surface area (Å²) in [5.74, 6) is 1.25. The molecule has 0 saturated carbocycles. The molecule has 1 saturated heterocycles. The highest BCUT2D eigenvalue weighted by Gasteiger charge is 2.28. The molecule has 0 radical (unpaired) electrons. The van der Waals surface area contributed by atoms with Crippen molar-refractivity contribution in [2.45, 2.75) is 25.3 Å². The van der Waals surface area contributed by atoms with Crippen molar-refractivity contribution < 1.29 is 9.53 Å². The van der Waals surface area contributed by atoms with Crippen LogP contribution in [0.3, 0.4) is 0 Å². The van der Waals surface area contributed by atoms with Crippen LogP contribution in [0.25, 0.3) is 0 Å². The van der Waals surface area contributed by atoms with Crippen LogP contribution < -0.4 is 5.32 Å². The number of methoxy groups -OCH3 is 1. The van der Waals surface area contributed by atoms with Gasteiger partial charge in [0.25, 0.3) is 0 Å². The summed E-state index contributed by atoms with van der Waals surface area (Å²) in [6.07, 6.45) is 5.93. The fourth-order valence-corrected chi connectivity index (χ4v) is 3.30. The second-order valence-corrected chi connectivity index (χ2v) is 6.30. The predicted octanol–water partition coefficient (Wildman–Crippen LogP) is 1.68. The second-order valence-electron chi connectivity index (χ2n) is 6.30. The van der Waals surface area contributed by atoms with E-state index in [9.17, 15) is 4.79 Å². The molecular weight excluding hydrogens is 318 g/mol. The highest BCUT2D eigenvalue weighted by atomic mass is 16.5. The minimum atomic E-state index is -0.0389. The van der Waals surface area contributed by atoms with Gasteiger partial charge in [-0.05, 0) is 30.9 Å². The van der Waals surface area contributed by atoms with Gasteiger partial charge in [-0.15, -0.1) is 0 Å². The molecule has 1 aliphatic heterocycles. The number of piperidine rings is 1. The smallest absolute Gasteiger partial charge is 0.246 e. The SMILES string of the molecule is C=CC(=O)N1CCC[C@@H](N(C)C(=N)c2c(CCOC)c[nH]c2NC)C1. The van der Waals surface area contributed by atoms with Crippen molar-refractivity contribution in [3.63, 3.8) is 0 Å². The van der Waals surface area contributed by atoms with Crippen LogP contribution in [-0.2, 0) is 16.0 Å². The van der Waals surface area contributed by atoms with Gasteiger partial charge in [0, 0.05) is 46.5 Å². The van der Waals surface area contributed by atoms with E-state index in [1.807, 2.05) is 30.1 Å².